The van der Waals surface area contributed by atoms with Crippen LogP contribution in [0.4, 0.5) is 0 Å². The Balaban J connectivity index is 2.29. The number of nitrogens with two attached hydrogens (primary N) is 1. The van der Waals surface area contributed by atoms with Crippen molar-refractivity contribution in [2.75, 3.05) is 0 Å². The van der Waals surface area contributed by atoms with Crippen molar-refractivity contribution in [2.45, 2.75) is 51.6 Å². The molecule has 0 aromatic carbocycles. The number of rotatable bonds is 4. The van der Waals surface area contributed by atoms with Crippen molar-refractivity contribution in [3.8, 4) is 0 Å². The lowest BCUT2D eigenvalue weighted by Crippen LogP contribution is -2.32. The van der Waals surface area contributed by atoms with Gasteiger partial charge in [-0.25, -0.2) is 9.89 Å². The van der Waals surface area contributed by atoms with E-state index in [9.17, 15) is 4.79 Å². The topological polar surface area (TPSA) is 76.7 Å². The molecule has 90 valence electrons. The van der Waals surface area contributed by atoms with E-state index in [4.69, 9.17) is 5.73 Å². The van der Waals surface area contributed by atoms with Gasteiger partial charge in [-0.3, -0.25) is 4.57 Å². The van der Waals surface area contributed by atoms with Crippen molar-refractivity contribution in [3.05, 3.63) is 16.3 Å². The smallest absolute Gasteiger partial charge is 0.321 e. The summed E-state index contributed by atoms with van der Waals surface area (Å²) in [5, 5.41) is 6.61. The van der Waals surface area contributed by atoms with Crippen LogP contribution in [-0.4, -0.2) is 14.8 Å². The van der Waals surface area contributed by atoms with Crippen LogP contribution in [0.2, 0.25) is 0 Å². The second-order valence-electron chi connectivity index (χ2n) is 4.75. The minimum Gasteiger partial charge on any atom is -0.321 e. The number of hydrogen-bond acceptors (Lipinski definition) is 3. The third kappa shape index (κ3) is 1.80. The average molecular weight is 224 g/mol. The zero-order valence-corrected chi connectivity index (χ0v) is 9.94. The Labute approximate surface area is 95.0 Å². The van der Waals surface area contributed by atoms with Crippen LogP contribution in [0.25, 0.3) is 0 Å². The highest BCUT2D eigenvalue weighted by Crippen LogP contribution is 2.32. The van der Waals surface area contributed by atoms with E-state index in [-0.39, 0.29) is 11.7 Å². The number of aromatic nitrogens is 3. The van der Waals surface area contributed by atoms with Crippen LogP contribution in [-0.2, 0) is 0 Å². The van der Waals surface area contributed by atoms with Gasteiger partial charge in [0.25, 0.3) is 0 Å². The summed E-state index contributed by atoms with van der Waals surface area (Å²) >= 11 is 0. The second kappa shape index (κ2) is 4.41. The quantitative estimate of drug-likeness (QED) is 0.810. The van der Waals surface area contributed by atoms with Crippen molar-refractivity contribution in [1.82, 2.24) is 14.8 Å². The molecular weight excluding hydrogens is 204 g/mol. The van der Waals surface area contributed by atoms with E-state index in [1.54, 1.807) is 4.57 Å². The zero-order chi connectivity index (χ0) is 11.7. The number of H-pyrrole nitrogens is 1. The zero-order valence-electron chi connectivity index (χ0n) is 9.94. The fraction of sp³-hybridized carbons (Fsp3) is 0.818. The highest BCUT2D eigenvalue weighted by Gasteiger charge is 2.28. The molecule has 1 saturated carbocycles. The molecule has 0 bridgehead atoms. The van der Waals surface area contributed by atoms with Gasteiger partial charge in [0, 0.05) is 6.04 Å². The first kappa shape index (κ1) is 11.4. The molecule has 1 aromatic rings. The van der Waals surface area contributed by atoms with Crippen molar-refractivity contribution in [2.24, 2.45) is 11.7 Å². The SMILES string of the molecule is CC[C@H](C)[C@H](N)c1n[nH]c(=O)n1C1CCC1. The van der Waals surface area contributed by atoms with Gasteiger partial charge in [-0.1, -0.05) is 20.3 Å². The molecule has 5 heteroatoms. The Bertz CT molecular complexity index is 404. The third-order valence-electron chi connectivity index (χ3n) is 3.73. The predicted molar refractivity (Wildman–Crippen MR) is 62.1 cm³/mol. The Kier molecular flexibility index (Phi) is 3.14. The normalized spacial score (nSPS) is 20.4. The fourth-order valence-corrected chi connectivity index (χ4v) is 2.06. The van der Waals surface area contributed by atoms with E-state index in [1.807, 2.05) is 0 Å². The van der Waals surface area contributed by atoms with Gasteiger partial charge in [0.15, 0.2) is 5.82 Å². The molecule has 1 aliphatic rings. The van der Waals surface area contributed by atoms with E-state index < -0.39 is 0 Å². The molecule has 0 amide bonds. The first-order valence-corrected chi connectivity index (χ1v) is 6.07. The molecule has 1 fully saturated rings. The minimum atomic E-state index is -0.149. The average Bonchev–Trinajstić information content (AvgIpc) is 2.57. The van der Waals surface area contributed by atoms with E-state index in [2.05, 4.69) is 24.0 Å². The molecule has 3 N–H and O–H groups in total. The lowest BCUT2D eigenvalue weighted by molar-refractivity contribution is 0.286. The van der Waals surface area contributed by atoms with Gasteiger partial charge < -0.3 is 5.73 Å². The van der Waals surface area contributed by atoms with Crippen LogP contribution in [0.15, 0.2) is 4.79 Å². The number of nitrogens with one attached hydrogen (secondary N) is 1. The lowest BCUT2D eigenvalue weighted by Gasteiger charge is -2.29. The maximum absolute atomic E-state index is 11.7. The van der Waals surface area contributed by atoms with Crippen LogP contribution >= 0.6 is 0 Å². The maximum Gasteiger partial charge on any atom is 0.343 e. The van der Waals surface area contributed by atoms with Gasteiger partial charge in [-0.05, 0) is 25.2 Å². The van der Waals surface area contributed by atoms with Gasteiger partial charge in [-0.2, -0.15) is 5.10 Å². The van der Waals surface area contributed by atoms with E-state index in [1.165, 1.54) is 6.42 Å². The second-order valence-corrected chi connectivity index (χ2v) is 4.75. The summed E-state index contributed by atoms with van der Waals surface area (Å²) in [6.07, 6.45) is 4.33. The lowest BCUT2D eigenvalue weighted by atomic mass is 9.92. The summed E-state index contributed by atoms with van der Waals surface area (Å²) in [5.74, 6) is 1.07. The summed E-state index contributed by atoms with van der Waals surface area (Å²) < 4.78 is 1.76. The highest BCUT2D eigenvalue weighted by atomic mass is 16.1. The van der Waals surface area contributed by atoms with Crippen molar-refractivity contribution in [1.29, 1.82) is 0 Å². The van der Waals surface area contributed by atoms with Crippen LogP contribution in [0, 0.1) is 5.92 Å². The summed E-state index contributed by atoms with van der Waals surface area (Å²) in [7, 11) is 0. The van der Waals surface area contributed by atoms with E-state index in [0.29, 0.717) is 12.0 Å². The van der Waals surface area contributed by atoms with Gasteiger partial charge in [0.2, 0.25) is 0 Å². The molecule has 16 heavy (non-hydrogen) atoms. The van der Waals surface area contributed by atoms with Gasteiger partial charge >= 0.3 is 5.69 Å². The molecule has 1 aromatic heterocycles. The predicted octanol–water partition coefficient (Wildman–Crippen LogP) is 1.34. The Morgan fingerprint density at radius 2 is 2.31 bits per heavy atom. The fourth-order valence-electron chi connectivity index (χ4n) is 2.06. The molecule has 0 unspecified atom stereocenters. The van der Waals surface area contributed by atoms with Crippen LogP contribution < -0.4 is 11.4 Å². The van der Waals surface area contributed by atoms with Crippen molar-refractivity contribution >= 4 is 0 Å². The van der Waals surface area contributed by atoms with Crippen molar-refractivity contribution < 1.29 is 0 Å². The van der Waals surface area contributed by atoms with Gasteiger partial charge in [0.05, 0.1) is 6.04 Å². The maximum atomic E-state index is 11.7. The largest absolute Gasteiger partial charge is 0.343 e. The molecule has 2 rings (SSSR count). The monoisotopic (exact) mass is 224 g/mol. The van der Waals surface area contributed by atoms with Crippen LogP contribution in [0.5, 0.6) is 0 Å². The summed E-state index contributed by atoms with van der Waals surface area (Å²) in [6, 6.07) is 0.168. The highest BCUT2D eigenvalue weighted by molar-refractivity contribution is 4.99. The van der Waals surface area contributed by atoms with Crippen LogP contribution in [0.3, 0.4) is 0 Å². The molecule has 0 spiro atoms. The number of aromatic amines is 1. The molecule has 0 saturated heterocycles. The molecule has 5 nitrogen and oxygen atoms in total. The molecular formula is C11H20N4O. The minimum absolute atomic E-state index is 0.113. The Hall–Kier alpha value is -1.10. The van der Waals surface area contributed by atoms with Crippen molar-refractivity contribution in [3.63, 3.8) is 0 Å². The number of nitrogens with zero attached hydrogens (tertiary/aromatic N) is 2. The molecule has 1 aliphatic carbocycles. The van der Waals surface area contributed by atoms with E-state index in [0.717, 1.165) is 25.1 Å². The molecule has 2 atom stereocenters. The summed E-state index contributed by atoms with van der Waals surface area (Å²) in [6.45, 7) is 4.19. The molecule has 0 radical (unpaired) electrons. The Morgan fingerprint density at radius 1 is 1.62 bits per heavy atom. The summed E-state index contributed by atoms with van der Waals surface area (Å²) in [5.41, 5.74) is 6.03. The summed E-state index contributed by atoms with van der Waals surface area (Å²) in [4.78, 5) is 11.7. The van der Waals surface area contributed by atoms with Gasteiger partial charge in [-0.15, -0.1) is 0 Å². The van der Waals surface area contributed by atoms with E-state index >= 15 is 0 Å². The molecule has 1 heterocycles. The first-order valence-electron chi connectivity index (χ1n) is 6.07. The van der Waals surface area contributed by atoms with Crippen LogP contribution in [0.1, 0.15) is 57.4 Å². The first-order chi connectivity index (χ1) is 7.65. The molecule has 0 aliphatic heterocycles. The van der Waals surface area contributed by atoms with Gasteiger partial charge in [0.1, 0.15) is 0 Å². The third-order valence-corrected chi connectivity index (χ3v) is 3.73. The Morgan fingerprint density at radius 3 is 2.81 bits per heavy atom. The number of hydrogen-bond donors (Lipinski definition) is 2. The standard InChI is InChI=1S/C11H20N4O/c1-3-7(2)9(12)10-13-14-11(16)15(10)8-5-4-6-8/h7-9H,3-6,12H2,1-2H3,(H,14,16)/t7-,9-/m0/s1.